The second-order valence-corrected chi connectivity index (χ2v) is 8.35. The lowest BCUT2D eigenvalue weighted by Crippen LogP contribution is -2.42. The standard InChI is InChI=1S/C25H23FN4O3/c26-20-8-3-5-17(11-20)12-21-14-27-24(33-21)19-7-4-10-29(15-19)23(31)16-30-25(32)22-9-2-1-6-18(22)13-28-30/h1-3,5-6,8-9,11,13-14,19H,4,7,10,12,15-16H2. The number of carbonyl (C=O) groups excluding carboxylic acids is 1. The van der Waals surface area contributed by atoms with Crippen molar-refractivity contribution in [3.63, 3.8) is 0 Å². The first-order chi connectivity index (χ1) is 16.1. The Morgan fingerprint density at radius 2 is 2.03 bits per heavy atom. The van der Waals surface area contributed by atoms with Gasteiger partial charge in [-0.1, -0.05) is 30.3 Å². The summed E-state index contributed by atoms with van der Waals surface area (Å²) in [6.07, 6.45) is 5.40. The van der Waals surface area contributed by atoms with E-state index in [1.54, 1.807) is 35.5 Å². The number of nitrogens with zero attached hydrogens (tertiary/aromatic N) is 4. The number of amides is 1. The van der Waals surface area contributed by atoms with Crippen molar-refractivity contribution in [3.8, 4) is 0 Å². The molecule has 2 aromatic carbocycles. The molecule has 1 atom stereocenters. The molecule has 0 N–H and O–H groups in total. The Hall–Kier alpha value is -3.81. The minimum Gasteiger partial charge on any atom is -0.445 e. The number of hydrogen-bond donors (Lipinski definition) is 0. The maximum absolute atomic E-state index is 13.4. The maximum atomic E-state index is 13.4. The number of halogens is 1. The molecule has 1 fully saturated rings. The molecule has 7 nitrogen and oxygen atoms in total. The van der Waals surface area contributed by atoms with E-state index in [1.807, 2.05) is 18.2 Å². The molecule has 1 amide bonds. The van der Waals surface area contributed by atoms with Gasteiger partial charge in [0, 0.05) is 24.9 Å². The predicted molar refractivity (Wildman–Crippen MR) is 120 cm³/mol. The minimum atomic E-state index is -0.284. The van der Waals surface area contributed by atoms with E-state index in [-0.39, 0.29) is 29.7 Å². The van der Waals surface area contributed by atoms with E-state index in [9.17, 15) is 14.0 Å². The Kier molecular flexibility index (Phi) is 5.73. The highest BCUT2D eigenvalue weighted by Crippen LogP contribution is 2.27. The third-order valence-corrected chi connectivity index (χ3v) is 6.01. The summed E-state index contributed by atoms with van der Waals surface area (Å²) >= 11 is 0. The molecule has 2 aromatic heterocycles. The smallest absolute Gasteiger partial charge is 0.275 e. The SMILES string of the molecule is O=C(Cn1ncc2ccccc2c1=O)N1CCCC(c2ncc(Cc3cccc(F)c3)o2)C1. The van der Waals surface area contributed by atoms with Crippen LogP contribution in [-0.4, -0.2) is 38.7 Å². The summed E-state index contributed by atoms with van der Waals surface area (Å²) in [6, 6.07) is 13.6. The number of hydrogen-bond acceptors (Lipinski definition) is 5. The summed E-state index contributed by atoms with van der Waals surface area (Å²) in [4.78, 5) is 31.8. The monoisotopic (exact) mass is 446 g/mol. The van der Waals surface area contributed by atoms with Gasteiger partial charge in [0.25, 0.3) is 5.56 Å². The van der Waals surface area contributed by atoms with Crippen LogP contribution in [-0.2, 0) is 17.8 Å². The number of fused-ring (bicyclic) bond motifs is 1. The van der Waals surface area contributed by atoms with Gasteiger partial charge in [-0.15, -0.1) is 0 Å². The largest absolute Gasteiger partial charge is 0.445 e. The number of piperidine rings is 1. The molecule has 1 unspecified atom stereocenters. The number of aromatic nitrogens is 3. The van der Waals surface area contributed by atoms with Gasteiger partial charge in [-0.25, -0.2) is 14.1 Å². The van der Waals surface area contributed by atoms with E-state index in [2.05, 4.69) is 10.1 Å². The van der Waals surface area contributed by atoms with Crippen LogP contribution in [0.3, 0.4) is 0 Å². The fraction of sp³-hybridized carbons (Fsp3) is 0.280. The molecule has 1 saturated heterocycles. The van der Waals surface area contributed by atoms with Gasteiger partial charge >= 0.3 is 0 Å². The number of rotatable bonds is 5. The normalized spacial score (nSPS) is 16.3. The number of benzene rings is 2. The Balaban J connectivity index is 1.26. The summed E-state index contributed by atoms with van der Waals surface area (Å²) in [5.41, 5.74) is 0.538. The second-order valence-electron chi connectivity index (χ2n) is 8.35. The van der Waals surface area contributed by atoms with E-state index in [0.29, 0.717) is 36.5 Å². The third-order valence-electron chi connectivity index (χ3n) is 6.01. The molecular formula is C25H23FN4O3. The van der Waals surface area contributed by atoms with Crippen molar-refractivity contribution < 1.29 is 13.6 Å². The minimum absolute atomic E-state index is 0.0229. The van der Waals surface area contributed by atoms with Crippen LogP contribution < -0.4 is 5.56 Å². The van der Waals surface area contributed by atoms with Crippen LogP contribution in [0.1, 0.15) is 36.0 Å². The average Bonchev–Trinajstić information content (AvgIpc) is 3.29. The van der Waals surface area contributed by atoms with Crippen LogP contribution in [0.5, 0.6) is 0 Å². The molecule has 1 aliphatic heterocycles. The zero-order valence-corrected chi connectivity index (χ0v) is 18.0. The molecule has 0 bridgehead atoms. The van der Waals surface area contributed by atoms with E-state index in [4.69, 9.17) is 4.42 Å². The molecule has 5 rings (SSSR count). The van der Waals surface area contributed by atoms with Crippen molar-refractivity contribution in [2.24, 2.45) is 0 Å². The summed E-state index contributed by atoms with van der Waals surface area (Å²) in [6.45, 7) is 0.988. The molecule has 0 aliphatic carbocycles. The molecule has 168 valence electrons. The van der Waals surface area contributed by atoms with Crippen molar-refractivity contribution in [3.05, 3.63) is 94.3 Å². The van der Waals surface area contributed by atoms with Gasteiger partial charge in [0.15, 0.2) is 5.89 Å². The topological polar surface area (TPSA) is 81.2 Å². The van der Waals surface area contributed by atoms with Crippen molar-refractivity contribution in [1.82, 2.24) is 19.7 Å². The molecule has 8 heteroatoms. The fourth-order valence-corrected chi connectivity index (χ4v) is 4.31. The zero-order valence-electron chi connectivity index (χ0n) is 18.0. The molecule has 0 saturated carbocycles. The summed E-state index contributed by atoms with van der Waals surface area (Å²) in [7, 11) is 0. The summed E-state index contributed by atoms with van der Waals surface area (Å²) in [5.74, 6) is 0.779. The molecule has 3 heterocycles. The van der Waals surface area contributed by atoms with Gasteiger partial charge in [0.1, 0.15) is 18.1 Å². The lowest BCUT2D eigenvalue weighted by Gasteiger charge is -2.31. The van der Waals surface area contributed by atoms with Gasteiger partial charge in [0.05, 0.1) is 23.7 Å². The van der Waals surface area contributed by atoms with E-state index >= 15 is 0 Å². The number of carbonyl (C=O) groups is 1. The van der Waals surface area contributed by atoms with Crippen molar-refractivity contribution in [2.45, 2.75) is 31.7 Å². The van der Waals surface area contributed by atoms with E-state index in [1.165, 1.54) is 16.8 Å². The first kappa shape index (κ1) is 21.1. The number of likely N-dealkylation sites (tertiary alicyclic amines) is 1. The fourth-order valence-electron chi connectivity index (χ4n) is 4.31. The predicted octanol–water partition coefficient (Wildman–Crippen LogP) is 3.52. The highest BCUT2D eigenvalue weighted by Gasteiger charge is 2.28. The van der Waals surface area contributed by atoms with Crippen LogP contribution in [0.4, 0.5) is 4.39 Å². The Bertz CT molecular complexity index is 1360. The highest BCUT2D eigenvalue weighted by atomic mass is 19.1. The van der Waals surface area contributed by atoms with E-state index < -0.39 is 0 Å². The lowest BCUT2D eigenvalue weighted by atomic mass is 9.98. The summed E-state index contributed by atoms with van der Waals surface area (Å²) in [5, 5.41) is 5.46. The first-order valence-electron chi connectivity index (χ1n) is 11.0. The molecule has 1 aliphatic rings. The first-order valence-corrected chi connectivity index (χ1v) is 11.0. The Morgan fingerprint density at radius 1 is 1.15 bits per heavy atom. The van der Waals surface area contributed by atoms with Crippen LogP contribution in [0.2, 0.25) is 0 Å². The van der Waals surface area contributed by atoms with Crippen molar-refractivity contribution in [2.75, 3.05) is 13.1 Å². The van der Waals surface area contributed by atoms with Crippen LogP contribution >= 0.6 is 0 Å². The van der Waals surface area contributed by atoms with Gasteiger partial charge in [-0.3, -0.25) is 9.59 Å². The Morgan fingerprint density at radius 3 is 2.91 bits per heavy atom. The van der Waals surface area contributed by atoms with Gasteiger partial charge in [0.2, 0.25) is 5.91 Å². The molecular weight excluding hydrogens is 423 g/mol. The van der Waals surface area contributed by atoms with Gasteiger partial charge < -0.3 is 9.32 Å². The lowest BCUT2D eigenvalue weighted by molar-refractivity contribution is -0.133. The summed E-state index contributed by atoms with van der Waals surface area (Å²) < 4.78 is 20.6. The quantitative estimate of drug-likeness (QED) is 0.469. The second kappa shape index (κ2) is 8.97. The van der Waals surface area contributed by atoms with Crippen LogP contribution in [0.25, 0.3) is 10.8 Å². The Labute approximate surface area is 189 Å². The van der Waals surface area contributed by atoms with Crippen molar-refractivity contribution >= 4 is 16.7 Å². The van der Waals surface area contributed by atoms with Crippen LogP contribution in [0, 0.1) is 5.82 Å². The number of oxazole rings is 1. The molecule has 0 radical (unpaired) electrons. The molecule has 0 spiro atoms. The van der Waals surface area contributed by atoms with E-state index in [0.717, 1.165) is 23.8 Å². The van der Waals surface area contributed by atoms with Crippen LogP contribution in [0.15, 0.2) is 70.1 Å². The zero-order chi connectivity index (χ0) is 22.8. The van der Waals surface area contributed by atoms with Crippen molar-refractivity contribution in [1.29, 1.82) is 0 Å². The average molecular weight is 446 g/mol. The highest BCUT2D eigenvalue weighted by molar-refractivity contribution is 5.81. The molecule has 4 aromatic rings. The molecule has 33 heavy (non-hydrogen) atoms. The van der Waals surface area contributed by atoms with Gasteiger partial charge in [-0.2, -0.15) is 5.10 Å². The van der Waals surface area contributed by atoms with Gasteiger partial charge in [-0.05, 0) is 36.6 Å². The third kappa shape index (κ3) is 4.55. The maximum Gasteiger partial charge on any atom is 0.275 e.